The van der Waals surface area contributed by atoms with E-state index in [9.17, 15) is 9.59 Å². The third-order valence-electron chi connectivity index (χ3n) is 2.56. The van der Waals surface area contributed by atoms with Gasteiger partial charge in [0, 0.05) is 6.04 Å². The molecule has 4 heteroatoms. The number of hydrogen-bond acceptors (Lipinski definition) is 3. The first-order valence-corrected chi connectivity index (χ1v) is 4.77. The maximum atomic E-state index is 11.2. The molecule has 78 valence electrons. The molecule has 0 spiro atoms. The van der Waals surface area contributed by atoms with Crippen LogP contribution in [0.4, 0.5) is 0 Å². The van der Waals surface area contributed by atoms with E-state index in [0.717, 1.165) is 19.3 Å². The highest BCUT2D eigenvalue weighted by atomic mass is 16.5. The summed E-state index contributed by atoms with van der Waals surface area (Å²) in [5.74, 6) is -0.813. The van der Waals surface area contributed by atoms with Crippen molar-refractivity contribution < 1.29 is 14.3 Å². The lowest BCUT2D eigenvalue weighted by atomic mass is 9.86. The van der Waals surface area contributed by atoms with Crippen LogP contribution in [0.2, 0.25) is 0 Å². The standard InChI is InChI=1S/C10H15NO3/c1-7(12)11-9-5-3-4-8(6-9)10(13)14-2/h1,8-9H,3-6H2,2H3,(H,11,12). The highest BCUT2D eigenvalue weighted by Gasteiger charge is 2.27. The lowest BCUT2D eigenvalue weighted by molar-refractivity contribution is -0.147. The molecule has 1 aliphatic rings. The molecule has 0 aromatic carbocycles. The van der Waals surface area contributed by atoms with Crippen molar-refractivity contribution in [3.8, 4) is 0 Å². The molecule has 4 nitrogen and oxygen atoms in total. The first kappa shape index (κ1) is 11.0. The zero-order valence-corrected chi connectivity index (χ0v) is 8.29. The van der Waals surface area contributed by atoms with Gasteiger partial charge >= 0.3 is 5.97 Å². The zero-order chi connectivity index (χ0) is 10.6. The Morgan fingerprint density at radius 1 is 1.43 bits per heavy atom. The number of carbonyl (C=O) groups is 2. The third kappa shape index (κ3) is 3.01. The van der Waals surface area contributed by atoms with Crippen LogP contribution in [0.1, 0.15) is 25.7 Å². The van der Waals surface area contributed by atoms with Gasteiger partial charge in [0.1, 0.15) is 0 Å². The lowest BCUT2D eigenvalue weighted by Crippen LogP contribution is -2.39. The number of carbonyl (C=O) groups excluding carboxylic acids is 2. The Morgan fingerprint density at radius 2 is 2.14 bits per heavy atom. The first-order chi connectivity index (χ1) is 6.63. The summed E-state index contributed by atoms with van der Waals surface area (Å²) >= 11 is 0. The van der Waals surface area contributed by atoms with Crippen LogP contribution in [0.3, 0.4) is 0 Å². The molecule has 1 saturated carbocycles. The Bertz CT molecular complexity index is 227. The van der Waals surface area contributed by atoms with Crippen molar-refractivity contribution in [2.75, 3.05) is 7.11 Å². The second-order valence-electron chi connectivity index (χ2n) is 3.59. The van der Waals surface area contributed by atoms with Gasteiger partial charge in [-0.1, -0.05) is 6.42 Å². The molecular weight excluding hydrogens is 182 g/mol. The predicted octanol–water partition coefficient (Wildman–Crippen LogP) is 0.545. The van der Waals surface area contributed by atoms with Crippen LogP contribution >= 0.6 is 0 Å². The Kier molecular flexibility index (Phi) is 3.92. The van der Waals surface area contributed by atoms with E-state index in [-0.39, 0.29) is 17.9 Å². The molecule has 2 atom stereocenters. The fourth-order valence-corrected chi connectivity index (χ4v) is 1.90. The monoisotopic (exact) mass is 197 g/mol. The number of rotatable bonds is 2. The van der Waals surface area contributed by atoms with Gasteiger partial charge in [0.2, 0.25) is 5.91 Å². The Morgan fingerprint density at radius 3 is 2.71 bits per heavy atom. The molecule has 0 heterocycles. The number of ether oxygens (including phenoxy) is 1. The average molecular weight is 197 g/mol. The Hall–Kier alpha value is -1.06. The molecule has 1 N–H and O–H groups in total. The molecule has 14 heavy (non-hydrogen) atoms. The fourth-order valence-electron chi connectivity index (χ4n) is 1.90. The van der Waals surface area contributed by atoms with Gasteiger partial charge in [0.15, 0.2) is 0 Å². The van der Waals surface area contributed by atoms with Gasteiger partial charge in [-0.3, -0.25) is 9.59 Å². The van der Waals surface area contributed by atoms with Gasteiger partial charge in [0.05, 0.1) is 20.0 Å². The van der Waals surface area contributed by atoms with Gasteiger partial charge in [-0.25, -0.2) is 0 Å². The molecule has 0 aliphatic heterocycles. The summed E-state index contributed by atoms with van der Waals surface area (Å²) in [6.45, 7) is 5.01. The van der Waals surface area contributed by atoms with E-state index in [1.54, 1.807) is 0 Å². The van der Waals surface area contributed by atoms with E-state index in [1.807, 2.05) is 0 Å². The van der Waals surface area contributed by atoms with E-state index < -0.39 is 5.91 Å². The zero-order valence-electron chi connectivity index (χ0n) is 8.29. The molecule has 1 fully saturated rings. The SMILES string of the molecule is [CH]C(=O)NC1CCCC(C(=O)OC)C1. The Labute approximate surface area is 84.0 Å². The van der Waals surface area contributed by atoms with Crippen molar-refractivity contribution >= 4 is 11.9 Å². The number of hydrogen-bond donors (Lipinski definition) is 1. The molecule has 1 aliphatic carbocycles. The summed E-state index contributed by atoms with van der Waals surface area (Å²) in [6.07, 6.45) is 3.28. The van der Waals surface area contributed by atoms with Crippen molar-refractivity contribution in [3.63, 3.8) is 0 Å². The van der Waals surface area contributed by atoms with Crippen molar-refractivity contribution in [1.29, 1.82) is 0 Å². The maximum Gasteiger partial charge on any atom is 0.308 e. The largest absolute Gasteiger partial charge is 0.469 e. The van der Waals surface area contributed by atoms with Gasteiger partial charge in [-0.2, -0.15) is 0 Å². The third-order valence-corrected chi connectivity index (χ3v) is 2.56. The second kappa shape index (κ2) is 4.98. The van der Waals surface area contributed by atoms with Crippen LogP contribution in [0, 0.1) is 12.8 Å². The molecule has 1 amide bonds. The lowest BCUT2D eigenvalue weighted by Gasteiger charge is -2.27. The number of methoxy groups -OCH3 is 1. The van der Waals surface area contributed by atoms with Crippen LogP contribution in [-0.4, -0.2) is 25.0 Å². The van der Waals surface area contributed by atoms with Gasteiger partial charge < -0.3 is 10.1 Å². The minimum Gasteiger partial charge on any atom is -0.469 e. The van der Waals surface area contributed by atoms with Gasteiger partial charge in [0.25, 0.3) is 0 Å². The smallest absolute Gasteiger partial charge is 0.308 e. The number of nitrogens with one attached hydrogen (secondary N) is 1. The molecule has 1 rings (SSSR count). The summed E-state index contributed by atoms with van der Waals surface area (Å²) in [5.41, 5.74) is 0. The molecule has 0 aromatic heterocycles. The number of esters is 1. The number of amides is 1. The normalized spacial score (nSPS) is 26.7. The summed E-state index contributed by atoms with van der Waals surface area (Å²) < 4.78 is 4.66. The van der Waals surface area contributed by atoms with Crippen molar-refractivity contribution in [1.82, 2.24) is 5.32 Å². The topological polar surface area (TPSA) is 55.4 Å². The minimum absolute atomic E-state index is 0.0188. The van der Waals surface area contributed by atoms with Crippen LogP contribution < -0.4 is 5.32 Å². The van der Waals surface area contributed by atoms with Crippen LogP contribution in [0.5, 0.6) is 0 Å². The predicted molar refractivity (Wildman–Crippen MR) is 50.2 cm³/mol. The summed E-state index contributed by atoms with van der Waals surface area (Å²) in [4.78, 5) is 21.8. The van der Waals surface area contributed by atoms with Crippen LogP contribution in [0.15, 0.2) is 0 Å². The highest BCUT2D eigenvalue weighted by molar-refractivity contribution is 5.80. The summed E-state index contributed by atoms with van der Waals surface area (Å²) in [5, 5.41) is 2.62. The van der Waals surface area contributed by atoms with Crippen molar-refractivity contribution in [2.45, 2.75) is 31.7 Å². The van der Waals surface area contributed by atoms with Crippen molar-refractivity contribution in [3.05, 3.63) is 6.92 Å². The van der Waals surface area contributed by atoms with E-state index in [2.05, 4.69) is 10.1 Å². The fraction of sp³-hybridized carbons (Fsp3) is 0.700. The Balaban J connectivity index is 2.43. The van der Waals surface area contributed by atoms with E-state index in [0.29, 0.717) is 6.42 Å². The van der Waals surface area contributed by atoms with Crippen LogP contribution in [-0.2, 0) is 14.3 Å². The molecule has 0 aromatic rings. The molecule has 0 bridgehead atoms. The van der Waals surface area contributed by atoms with E-state index in [4.69, 9.17) is 6.92 Å². The molecule has 2 radical (unpaired) electrons. The van der Waals surface area contributed by atoms with Gasteiger partial charge in [-0.15, -0.1) is 0 Å². The van der Waals surface area contributed by atoms with E-state index in [1.165, 1.54) is 7.11 Å². The van der Waals surface area contributed by atoms with Gasteiger partial charge in [-0.05, 0) is 19.3 Å². The molecule has 2 unspecified atom stereocenters. The highest BCUT2D eigenvalue weighted by Crippen LogP contribution is 2.25. The molecular formula is C10H15NO3. The molecule has 0 saturated heterocycles. The summed E-state index contributed by atoms with van der Waals surface area (Å²) in [7, 11) is 1.38. The average Bonchev–Trinajstić information content (AvgIpc) is 2.16. The second-order valence-corrected chi connectivity index (χ2v) is 3.59. The van der Waals surface area contributed by atoms with Crippen molar-refractivity contribution in [2.24, 2.45) is 5.92 Å². The minimum atomic E-state index is -0.527. The van der Waals surface area contributed by atoms with E-state index >= 15 is 0 Å². The first-order valence-electron chi connectivity index (χ1n) is 4.77. The summed E-state index contributed by atoms with van der Waals surface area (Å²) in [6, 6.07) is 0.0188. The maximum absolute atomic E-state index is 11.2. The quantitative estimate of drug-likeness (QED) is 0.657. The van der Waals surface area contributed by atoms with Crippen LogP contribution in [0.25, 0.3) is 0 Å².